The molecule has 3 nitrogen and oxygen atoms in total. The van der Waals surface area contributed by atoms with E-state index in [4.69, 9.17) is 4.42 Å². The molecule has 1 aromatic heterocycles. The molecule has 0 bridgehead atoms. The Bertz CT molecular complexity index is 467. The lowest BCUT2D eigenvalue weighted by atomic mass is 10.1. The van der Waals surface area contributed by atoms with E-state index in [1.807, 2.05) is 0 Å². The highest BCUT2D eigenvalue weighted by atomic mass is 32.2. The number of aromatic nitrogens is 1. The SMILES string of the molecule is CCCNC(CSc1ncco1)c1ccc(C)cc1. The van der Waals surface area contributed by atoms with Gasteiger partial charge in [-0.1, -0.05) is 48.5 Å². The minimum atomic E-state index is 0.331. The molecule has 0 spiro atoms. The Hall–Kier alpha value is -1.26. The zero-order valence-corrected chi connectivity index (χ0v) is 12.2. The van der Waals surface area contributed by atoms with Crippen molar-refractivity contribution in [3.8, 4) is 0 Å². The van der Waals surface area contributed by atoms with Gasteiger partial charge in [0.25, 0.3) is 5.22 Å². The second-order valence-corrected chi connectivity index (χ2v) is 5.50. The van der Waals surface area contributed by atoms with E-state index in [-0.39, 0.29) is 0 Å². The maximum atomic E-state index is 5.27. The van der Waals surface area contributed by atoms with Crippen LogP contribution in [0.2, 0.25) is 0 Å². The maximum Gasteiger partial charge on any atom is 0.255 e. The van der Waals surface area contributed by atoms with Gasteiger partial charge in [-0.05, 0) is 25.5 Å². The third-order valence-electron chi connectivity index (χ3n) is 2.90. The molecule has 2 rings (SSSR count). The number of aryl methyl sites for hydroxylation is 1. The number of rotatable bonds is 7. The smallest absolute Gasteiger partial charge is 0.255 e. The van der Waals surface area contributed by atoms with Crippen LogP contribution in [0, 0.1) is 6.92 Å². The quantitative estimate of drug-likeness (QED) is 0.780. The lowest BCUT2D eigenvalue weighted by Gasteiger charge is -2.18. The lowest BCUT2D eigenvalue weighted by Crippen LogP contribution is -2.24. The van der Waals surface area contributed by atoms with Gasteiger partial charge in [-0.2, -0.15) is 0 Å². The molecule has 0 aliphatic heterocycles. The summed E-state index contributed by atoms with van der Waals surface area (Å²) in [4.78, 5) is 4.14. The first-order valence-electron chi connectivity index (χ1n) is 6.62. The van der Waals surface area contributed by atoms with Crippen LogP contribution in [0.4, 0.5) is 0 Å². The van der Waals surface area contributed by atoms with Crippen molar-refractivity contribution < 1.29 is 4.42 Å². The predicted molar refractivity (Wildman–Crippen MR) is 79.4 cm³/mol. The van der Waals surface area contributed by atoms with Gasteiger partial charge in [-0.3, -0.25) is 0 Å². The summed E-state index contributed by atoms with van der Waals surface area (Å²) in [6, 6.07) is 9.03. The van der Waals surface area contributed by atoms with Gasteiger partial charge in [-0.15, -0.1) is 0 Å². The van der Waals surface area contributed by atoms with Crippen LogP contribution in [0.25, 0.3) is 0 Å². The van der Waals surface area contributed by atoms with Gasteiger partial charge in [-0.25, -0.2) is 4.98 Å². The standard InChI is InChI=1S/C15H20N2OS/c1-3-8-16-14(11-19-15-17-9-10-18-15)13-6-4-12(2)5-7-13/h4-7,9-10,14,16H,3,8,11H2,1-2H3. The van der Waals surface area contributed by atoms with Crippen molar-refractivity contribution in [2.75, 3.05) is 12.3 Å². The summed E-state index contributed by atoms with van der Waals surface area (Å²) < 4.78 is 5.27. The third-order valence-corrected chi connectivity index (χ3v) is 3.85. The van der Waals surface area contributed by atoms with Crippen LogP contribution in [-0.2, 0) is 0 Å². The average molecular weight is 276 g/mol. The largest absolute Gasteiger partial charge is 0.440 e. The van der Waals surface area contributed by atoms with E-state index in [2.05, 4.69) is 48.4 Å². The number of hydrogen-bond donors (Lipinski definition) is 1. The molecule has 1 heterocycles. The molecule has 2 aromatic rings. The fourth-order valence-corrected chi connectivity index (χ4v) is 2.71. The topological polar surface area (TPSA) is 38.1 Å². The summed E-state index contributed by atoms with van der Waals surface area (Å²) >= 11 is 1.64. The van der Waals surface area contributed by atoms with Gasteiger partial charge in [0, 0.05) is 11.8 Å². The van der Waals surface area contributed by atoms with Crippen LogP contribution >= 0.6 is 11.8 Å². The summed E-state index contributed by atoms with van der Waals surface area (Å²) in [7, 11) is 0. The second-order valence-electron chi connectivity index (χ2n) is 4.53. The molecule has 1 N–H and O–H groups in total. The molecule has 19 heavy (non-hydrogen) atoms. The molecule has 1 atom stereocenters. The summed E-state index contributed by atoms with van der Waals surface area (Å²) in [5, 5.41) is 4.31. The van der Waals surface area contributed by atoms with E-state index in [9.17, 15) is 0 Å². The fraction of sp³-hybridized carbons (Fsp3) is 0.400. The number of thioether (sulfide) groups is 1. The van der Waals surface area contributed by atoms with Gasteiger partial charge in [0.05, 0.1) is 6.20 Å². The van der Waals surface area contributed by atoms with Crippen molar-refractivity contribution in [2.24, 2.45) is 0 Å². The van der Waals surface area contributed by atoms with Crippen LogP contribution in [0.5, 0.6) is 0 Å². The number of nitrogens with one attached hydrogen (secondary N) is 1. The third kappa shape index (κ3) is 4.40. The molecule has 0 radical (unpaired) electrons. The van der Waals surface area contributed by atoms with Crippen molar-refractivity contribution in [1.29, 1.82) is 0 Å². The van der Waals surface area contributed by atoms with Crippen molar-refractivity contribution in [3.63, 3.8) is 0 Å². The van der Waals surface area contributed by atoms with Gasteiger partial charge in [0.1, 0.15) is 6.26 Å². The number of nitrogens with zero attached hydrogens (tertiary/aromatic N) is 1. The normalized spacial score (nSPS) is 12.5. The van der Waals surface area contributed by atoms with Crippen LogP contribution < -0.4 is 5.32 Å². The van der Waals surface area contributed by atoms with E-state index in [1.54, 1.807) is 24.2 Å². The van der Waals surface area contributed by atoms with E-state index < -0.39 is 0 Å². The highest BCUT2D eigenvalue weighted by Gasteiger charge is 2.12. The number of hydrogen-bond acceptors (Lipinski definition) is 4. The van der Waals surface area contributed by atoms with E-state index >= 15 is 0 Å². The average Bonchev–Trinajstić information content (AvgIpc) is 2.93. The Morgan fingerprint density at radius 1 is 1.32 bits per heavy atom. The van der Waals surface area contributed by atoms with Gasteiger partial charge in [0.15, 0.2) is 0 Å². The van der Waals surface area contributed by atoms with E-state index in [1.165, 1.54) is 11.1 Å². The zero-order chi connectivity index (χ0) is 13.5. The van der Waals surface area contributed by atoms with Crippen LogP contribution in [0.3, 0.4) is 0 Å². The Kier molecular flexibility index (Phi) is 5.48. The summed E-state index contributed by atoms with van der Waals surface area (Å²) in [5.41, 5.74) is 2.61. The first-order chi connectivity index (χ1) is 9.29. The maximum absolute atomic E-state index is 5.27. The van der Waals surface area contributed by atoms with E-state index in [0.717, 1.165) is 23.9 Å². The molecular formula is C15H20N2OS. The van der Waals surface area contributed by atoms with Crippen molar-refractivity contribution in [1.82, 2.24) is 10.3 Å². The molecule has 1 unspecified atom stereocenters. The Balaban J connectivity index is 2.00. The Morgan fingerprint density at radius 3 is 2.74 bits per heavy atom. The first-order valence-corrected chi connectivity index (χ1v) is 7.60. The zero-order valence-electron chi connectivity index (χ0n) is 11.4. The van der Waals surface area contributed by atoms with Crippen molar-refractivity contribution in [2.45, 2.75) is 31.5 Å². The molecule has 4 heteroatoms. The highest BCUT2D eigenvalue weighted by molar-refractivity contribution is 7.99. The first kappa shape index (κ1) is 14.2. The van der Waals surface area contributed by atoms with Crippen LogP contribution in [-0.4, -0.2) is 17.3 Å². The van der Waals surface area contributed by atoms with Crippen LogP contribution in [0.15, 0.2) is 46.4 Å². The highest BCUT2D eigenvalue weighted by Crippen LogP contribution is 2.23. The summed E-state index contributed by atoms with van der Waals surface area (Å²) in [6.07, 6.45) is 4.43. The minimum Gasteiger partial charge on any atom is -0.440 e. The summed E-state index contributed by atoms with van der Waals surface area (Å²) in [5.74, 6) is 0.920. The van der Waals surface area contributed by atoms with Crippen molar-refractivity contribution in [3.05, 3.63) is 47.9 Å². The van der Waals surface area contributed by atoms with Gasteiger partial charge < -0.3 is 9.73 Å². The Morgan fingerprint density at radius 2 is 2.11 bits per heavy atom. The van der Waals surface area contributed by atoms with Crippen LogP contribution in [0.1, 0.15) is 30.5 Å². The molecule has 0 saturated heterocycles. The Labute approximate surface area is 118 Å². The minimum absolute atomic E-state index is 0.331. The number of benzene rings is 1. The van der Waals surface area contributed by atoms with Gasteiger partial charge >= 0.3 is 0 Å². The number of oxazole rings is 1. The fourth-order valence-electron chi connectivity index (χ4n) is 1.83. The summed E-state index contributed by atoms with van der Waals surface area (Å²) in [6.45, 7) is 5.31. The van der Waals surface area contributed by atoms with Gasteiger partial charge in [0.2, 0.25) is 0 Å². The molecule has 0 aliphatic rings. The molecule has 0 amide bonds. The lowest BCUT2D eigenvalue weighted by molar-refractivity contribution is 0.453. The van der Waals surface area contributed by atoms with Crippen molar-refractivity contribution >= 4 is 11.8 Å². The van der Waals surface area contributed by atoms with E-state index in [0.29, 0.717) is 6.04 Å². The molecular weight excluding hydrogens is 256 g/mol. The molecule has 1 aromatic carbocycles. The molecule has 102 valence electrons. The molecule has 0 saturated carbocycles. The second kappa shape index (κ2) is 7.36. The predicted octanol–water partition coefficient (Wildman–Crippen LogP) is 3.82. The molecule has 0 aliphatic carbocycles. The molecule has 0 fully saturated rings. The monoisotopic (exact) mass is 276 g/mol.